The molecule has 0 saturated heterocycles. The van der Waals surface area contributed by atoms with Gasteiger partial charge in [-0.3, -0.25) is 32.5 Å². The highest BCUT2D eigenvalue weighted by Gasteiger charge is 2.29. The van der Waals surface area contributed by atoms with Gasteiger partial charge in [-0.05, 0) is 167 Å². The van der Waals surface area contributed by atoms with Crippen LogP contribution in [-0.4, -0.2) is 95.9 Å². The van der Waals surface area contributed by atoms with Gasteiger partial charge in [-0.2, -0.15) is 0 Å². The van der Waals surface area contributed by atoms with Crippen LogP contribution in [0.5, 0.6) is 0 Å². The Labute approximate surface area is 699 Å². The zero-order chi connectivity index (χ0) is 83.6. The minimum atomic E-state index is -4.96. The summed E-state index contributed by atoms with van der Waals surface area (Å²) in [7, 11) is -9.83. The Bertz CT molecular complexity index is 2920. The maximum atomic E-state index is 13.1. The van der Waals surface area contributed by atoms with E-state index in [0.717, 1.165) is 218 Å². The number of ether oxygens (including phenoxy) is 3. The summed E-state index contributed by atoms with van der Waals surface area (Å²) in [5.41, 5.74) is 0. The molecule has 0 saturated carbocycles. The van der Waals surface area contributed by atoms with Gasteiger partial charge in [-0.1, -0.05) is 349 Å². The number of allylic oxidation sites excluding steroid dienone is 34. The molecule has 0 spiro atoms. The van der Waals surface area contributed by atoms with Crippen molar-refractivity contribution in [2.45, 2.75) is 347 Å². The van der Waals surface area contributed by atoms with Gasteiger partial charge in [0.25, 0.3) is 0 Å². The number of carbonyl (C=O) groups is 3. The number of rotatable bonds is 82. The maximum Gasteiger partial charge on any atom is 0.472 e. The van der Waals surface area contributed by atoms with Crippen LogP contribution in [0.2, 0.25) is 0 Å². The van der Waals surface area contributed by atoms with Crippen molar-refractivity contribution in [1.29, 1.82) is 0 Å². The molecule has 0 aromatic carbocycles. The molecular formula is C97H158O16P2. The number of phosphoric acid groups is 2. The van der Waals surface area contributed by atoms with E-state index in [1.54, 1.807) is 0 Å². The monoisotopic (exact) mass is 1640 g/mol. The predicted octanol–water partition coefficient (Wildman–Crippen LogP) is 27.2. The van der Waals surface area contributed by atoms with E-state index in [2.05, 4.69) is 227 Å². The van der Waals surface area contributed by atoms with Crippen LogP contribution in [0, 0.1) is 0 Å². The predicted molar refractivity (Wildman–Crippen MR) is 481 cm³/mol. The van der Waals surface area contributed by atoms with E-state index < -0.39 is 91.5 Å². The fourth-order valence-corrected chi connectivity index (χ4v) is 13.0. The van der Waals surface area contributed by atoms with Gasteiger partial charge in [-0.25, -0.2) is 9.13 Å². The number of aliphatic hydroxyl groups excluding tert-OH is 2. The lowest BCUT2D eigenvalue weighted by molar-refractivity contribution is -0.161. The van der Waals surface area contributed by atoms with Gasteiger partial charge in [0.15, 0.2) is 6.10 Å². The number of carbonyl (C=O) groups excluding carboxylic acids is 3. The maximum absolute atomic E-state index is 13.1. The smallest absolute Gasteiger partial charge is 0.463 e. The molecule has 18 heteroatoms. The van der Waals surface area contributed by atoms with Crippen molar-refractivity contribution in [3.8, 4) is 0 Å². The van der Waals surface area contributed by atoms with Crippen molar-refractivity contribution < 1.29 is 75.8 Å². The first-order valence-electron chi connectivity index (χ1n) is 44.4. The molecule has 0 bridgehead atoms. The molecule has 4 N–H and O–H groups in total. The lowest BCUT2D eigenvalue weighted by Crippen LogP contribution is -2.30. The average molecular weight is 1640 g/mol. The zero-order valence-electron chi connectivity index (χ0n) is 71.6. The van der Waals surface area contributed by atoms with Gasteiger partial charge in [0, 0.05) is 19.3 Å². The van der Waals surface area contributed by atoms with Crippen LogP contribution in [0.25, 0.3) is 0 Å². The molecule has 0 fully saturated rings. The second-order valence-electron chi connectivity index (χ2n) is 28.9. The first-order valence-corrected chi connectivity index (χ1v) is 47.4. The van der Waals surface area contributed by atoms with E-state index in [1.807, 2.05) is 0 Å². The summed E-state index contributed by atoms with van der Waals surface area (Å²) in [6.45, 7) is 2.31. The van der Waals surface area contributed by atoms with Crippen molar-refractivity contribution in [1.82, 2.24) is 0 Å². The highest BCUT2D eigenvalue weighted by Crippen LogP contribution is 2.45. The molecular weight excluding hydrogens is 1480 g/mol. The SMILES string of the molecule is CC/C=C\C/C=C\C/C=C\C/C=C\C/C=C\C/C=C\CCCCCCCCCCCCCCC(=O)OCC(O)COP(=O)(O)OCC(O)COP(=O)(O)OCC(COC(=O)CCCCCCCC/C=C\C/C=C\C/C=C\C/C=C\C/C=C\C/C=C\CC)OC(=O)CCCCCCCCC/C=C\C/C=C\C/C=C\C/C=C\C/C=C\CC. The van der Waals surface area contributed by atoms with Gasteiger partial charge in [0.05, 0.1) is 26.4 Å². The molecule has 0 aliphatic heterocycles. The molecule has 0 aliphatic carbocycles. The summed E-state index contributed by atoms with van der Waals surface area (Å²) in [5.74, 6) is -1.61. The second-order valence-corrected chi connectivity index (χ2v) is 31.8. The van der Waals surface area contributed by atoms with Crippen LogP contribution in [0.4, 0.5) is 0 Å². The number of unbranched alkanes of at least 4 members (excludes halogenated alkanes) is 25. The minimum Gasteiger partial charge on any atom is -0.463 e. The number of hydrogen-bond acceptors (Lipinski definition) is 14. The van der Waals surface area contributed by atoms with Crippen LogP contribution in [-0.2, 0) is 55.8 Å². The highest BCUT2D eigenvalue weighted by atomic mass is 31.2. The summed E-state index contributed by atoms with van der Waals surface area (Å²) in [6, 6.07) is 0. The van der Waals surface area contributed by atoms with E-state index >= 15 is 0 Å². The minimum absolute atomic E-state index is 0.0798. The summed E-state index contributed by atoms with van der Waals surface area (Å²) in [6.07, 6.45) is 117. The molecule has 0 aromatic heterocycles. The zero-order valence-corrected chi connectivity index (χ0v) is 73.4. The van der Waals surface area contributed by atoms with E-state index in [-0.39, 0.29) is 19.3 Å². The molecule has 652 valence electrons. The van der Waals surface area contributed by atoms with Gasteiger partial charge >= 0.3 is 33.6 Å². The summed E-state index contributed by atoms with van der Waals surface area (Å²) >= 11 is 0. The molecule has 5 unspecified atom stereocenters. The van der Waals surface area contributed by atoms with Gasteiger partial charge in [0.1, 0.15) is 25.4 Å². The Kier molecular flexibility index (Phi) is 83.0. The first-order chi connectivity index (χ1) is 56.2. The third-order valence-electron chi connectivity index (χ3n) is 18.0. The fourth-order valence-electron chi connectivity index (χ4n) is 11.4. The third-order valence-corrected chi connectivity index (χ3v) is 19.9. The van der Waals surface area contributed by atoms with Crippen molar-refractivity contribution >= 4 is 33.6 Å². The third kappa shape index (κ3) is 88.8. The van der Waals surface area contributed by atoms with Crippen molar-refractivity contribution in [3.05, 3.63) is 207 Å². The Morgan fingerprint density at radius 1 is 0.243 bits per heavy atom. The molecule has 0 aromatic rings. The normalized spacial score (nSPS) is 14.8. The van der Waals surface area contributed by atoms with E-state index in [0.29, 0.717) is 19.3 Å². The molecule has 0 heterocycles. The molecule has 5 atom stereocenters. The van der Waals surface area contributed by atoms with E-state index in [1.165, 1.54) is 51.4 Å². The van der Waals surface area contributed by atoms with E-state index in [4.69, 9.17) is 32.3 Å². The number of phosphoric ester groups is 2. The van der Waals surface area contributed by atoms with Crippen LogP contribution >= 0.6 is 15.6 Å². The quantitative estimate of drug-likeness (QED) is 0.0146. The fraction of sp³-hybridized carbons (Fsp3) is 0.619. The average Bonchev–Trinajstić information content (AvgIpc) is 0.903. The first kappa shape index (κ1) is 109. The number of esters is 3. The van der Waals surface area contributed by atoms with E-state index in [9.17, 15) is 43.5 Å². The Hall–Kier alpha value is -5.87. The molecule has 0 rings (SSSR count). The van der Waals surface area contributed by atoms with Crippen molar-refractivity contribution in [2.75, 3.05) is 39.6 Å². The standard InChI is InChI=1S/C97H158O16P2/c1-4-7-10-13-16-19-22-25-28-31-34-37-40-42-43-44-45-46-47-49-52-53-56-59-62-65-68-71-74-77-80-83-95(100)107-86-92(98)87-109-114(103,104)110-88-93(99)89-111-115(105,106)112-91-94(113-97(102)85-82-79-76-73-70-67-64-61-58-55-50-39-36-33-30-27-24-21-18-15-12-9-6-3)90-108-96(101)84-81-78-75-72-69-66-63-60-57-54-51-48-41-38-35-32-29-26-23-20-17-14-11-8-5-2/h7-12,16-21,25-30,34-39,42-43,45-46,48,51,55,57-58,60,92-94,98-99H,4-6,13-15,22-24,31-33,40-41,44,47,49-50,52-54,56,59,61-91H2,1-3H3,(H,103,104)(H,105,106)/b10-7-,11-8-,12-9-,19-16-,20-17-,21-18-,28-25-,29-26-,30-27-,37-34-,38-35-,39-36-,43-42-,46-45-,51-48-,58-55-,60-57-. The molecule has 0 radical (unpaired) electrons. The van der Waals surface area contributed by atoms with Crippen LogP contribution in [0.1, 0.15) is 329 Å². The Morgan fingerprint density at radius 2 is 0.435 bits per heavy atom. The number of hydrogen-bond donors (Lipinski definition) is 4. The lowest BCUT2D eigenvalue weighted by Gasteiger charge is -2.21. The summed E-state index contributed by atoms with van der Waals surface area (Å²) in [5, 5.41) is 20.7. The van der Waals surface area contributed by atoms with Crippen LogP contribution in [0.3, 0.4) is 0 Å². The van der Waals surface area contributed by atoms with Gasteiger partial charge in [-0.15, -0.1) is 0 Å². The van der Waals surface area contributed by atoms with Crippen molar-refractivity contribution in [3.63, 3.8) is 0 Å². The Morgan fingerprint density at radius 3 is 0.687 bits per heavy atom. The summed E-state index contributed by atoms with van der Waals surface area (Å²) < 4.78 is 61.4. The molecule has 0 amide bonds. The van der Waals surface area contributed by atoms with Gasteiger partial charge in [0.2, 0.25) is 0 Å². The molecule has 16 nitrogen and oxygen atoms in total. The van der Waals surface area contributed by atoms with Crippen LogP contribution in [0.15, 0.2) is 207 Å². The lowest BCUT2D eigenvalue weighted by atomic mass is 10.0. The highest BCUT2D eigenvalue weighted by molar-refractivity contribution is 7.47. The molecule has 0 aliphatic rings. The number of aliphatic hydroxyl groups is 2. The van der Waals surface area contributed by atoms with Gasteiger partial charge < -0.3 is 34.2 Å². The largest absolute Gasteiger partial charge is 0.472 e. The molecule has 115 heavy (non-hydrogen) atoms. The Balaban J connectivity index is 4.67. The van der Waals surface area contributed by atoms with Crippen molar-refractivity contribution in [2.24, 2.45) is 0 Å². The van der Waals surface area contributed by atoms with Crippen LogP contribution < -0.4 is 0 Å². The summed E-state index contributed by atoms with van der Waals surface area (Å²) in [4.78, 5) is 59.0. The topological polar surface area (TPSA) is 231 Å². The second kappa shape index (κ2) is 87.4.